The lowest BCUT2D eigenvalue weighted by Gasteiger charge is -2.09. The fourth-order valence-electron chi connectivity index (χ4n) is 1.38. The first-order valence-electron chi connectivity index (χ1n) is 5.05. The van der Waals surface area contributed by atoms with Gasteiger partial charge in [0.05, 0.1) is 23.3 Å². The molecule has 0 saturated heterocycles. The third-order valence-electron chi connectivity index (χ3n) is 2.25. The van der Waals surface area contributed by atoms with Crippen LogP contribution in [0.25, 0.3) is 0 Å². The fourth-order valence-corrected chi connectivity index (χ4v) is 1.94. The molecule has 0 aliphatic carbocycles. The second-order valence-corrected chi connectivity index (χ2v) is 4.81. The molecule has 3 nitrogen and oxygen atoms in total. The van der Waals surface area contributed by atoms with Crippen LogP contribution in [0.15, 0.2) is 41.0 Å². The number of aromatic nitrogens is 1. The number of anilines is 2. The van der Waals surface area contributed by atoms with Crippen molar-refractivity contribution in [1.82, 2.24) is 4.98 Å². The summed E-state index contributed by atoms with van der Waals surface area (Å²) < 4.78 is 14.2. The molecule has 0 amide bonds. The van der Waals surface area contributed by atoms with E-state index in [1.54, 1.807) is 30.5 Å². The van der Waals surface area contributed by atoms with Crippen LogP contribution in [0.1, 0.15) is 5.69 Å². The predicted molar refractivity (Wildman–Crippen MR) is 77.5 cm³/mol. The van der Waals surface area contributed by atoms with Crippen LogP contribution in [0.4, 0.5) is 15.8 Å². The van der Waals surface area contributed by atoms with Gasteiger partial charge in [-0.1, -0.05) is 18.3 Å². The third-order valence-corrected chi connectivity index (χ3v) is 3.12. The summed E-state index contributed by atoms with van der Waals surface area (Å²) in [7, 11) is 0. The number of para-hydroxylation sites is 1. The Bertz CT molecular complexity index is 566. The van der Waals surface area contributed by atoms with Crippen LogP contribution in [0.3, 0.4) is 0 Å². The largest absolute Gasteiger partial charge is 0.388 e. The van der Waals surface area contributed by atoms with Gasteiger partial charge in [0.25, 0.3) is 0 Å². The maximum Gasteiger partial charge on any atom is 0.147 e. The summed E-state index contributed by atoms with van der Waals surface area (Å²) in [6, 6.07) is 8.17. The van der Waals surface area contributed by atoms with Gasteiger partial charge in [0.2, 0.25) is 0 Å². The maximum atomic E-state index is 13.6. The van der Waals surface area contributed by atoms with Gasteiger partial charge in [0, 0.05) is 4.47 Å². The van der Waals surface area contributed by atoms with Crippen molar-refractivity contribution in [3.05, 3.63) is 52.5 Å². The van der Waals surface area contributed by atoms with Crippen molar-refractivity contribution in [2.75, 3.05) is 5.32 Å². The Morgan fingerprint density at radius 1 is 1.33 bits per heavy atom. The number of rotatable bonds is 3. The SMILES string of the molecule is NC(=S)c1ccc(Nc2c(F)cccc2Br)cn1. The van der Waals surface area contributed by atoms with E-state index >= 15 is 0 Å². The third kappa shape index (κ3) is 2.83. The topological polar surface area (TPSA) is 50.9 Å². The Hall–Kier alpha value is -1.53. The van der Waals surface area contributed by atoms with E-state index in [4.69, 9.17) is 18.0 Å². The van der Waals surface area contributed by atoms with Gasteiger partial charge >= 0.3 is 0 Å². The Kier molecular flexibility index (Phi) is 3.88. The Morgan fingerprint density at radius 2 is 2.11 bits per heavy atom. The highest BCUT2D eigenvalue weighted by Crippen LogP contribution is 2.28. The molecule has 1 heterocycles. The quantitative estimate of drug-likeness (QED) is 0.849. The molecule has 0 spiro atoms. The number of hydrogen-bond acceptors (Lipinski definition) is 3. The lowest BCUT2D eigenvalue weighted by molar-refractivity contribution is 0.631. The summed E-state index contributed by atoms with van der Waals surface area (Å²) in [4.78, 5) is 4.30. The molecule has 3 N–H and O–H groups in total. The molecule has 0 bridgehead atoms. The van der Waals surface area contributed by atoms with Crippen LogP contribution in [-0.2, 0) is 0 Å². The minimum atomic E-state index is -0.345. The minimum absolute atomic E-state index is 0.230. The first-order chi connectivity index (χ1) is 8.58. The first-order valence-corrected chi connectivity index (χ1v) is 6.25. The summed E-state index contributed by atoms with van der Waals surface area (Å²) in [5, 5.41) is 2.94. The Labute approximate surface area is 117 Å². The number of hydrogen-bond donors (Lipinski definition) is 2. The molecular formula is C12H9BrFN3S. The summed E-state index contributed by atoms with van der Waals surface area (Å²) in [6.07, 6.45) is 1.55. The normalized spacial score (nSPS) is 10.1. The molecule has 0 radical (unpaired) electrons. The molecular weight excluding hydrogens is 317 g/mol. The van der Waals surface area contributed by atoms with Crippen LogP contribution < -0.4 is 11.1 Å². The second-order valence-electron chi connectivity index (χ2n) is 3.52. The maximum absolute atomic E-state index is 13.6. The number of halogens is 2. The van der Waals surface area contributed by atoms with E-state index in [-0.39, 0.29) is 10.8 Å². The molecule has 2 rings (SSSR count). The summed E-state index contributed by atoms with van der Waals surface area (Å²) in [5.74, 6) is -0.345. The molecule has 2 aromatic rings. The van der Waals surface area contributed by atoms with Crippen LogP contribution in [0.2, 0.25) is 0 Å². The summed E-state index contributed by atoms with van der Waals surface area (Å²) in [6.45, 7) is 0. The monoisotopic (exact) mass is 325 g/mol. The van der Waals surface area contributed by atoms with E-state index in [9.17, 15) is 4.39 Å². The average molecular weight is 326 g/mol. The highest BCUT2D eigenvalue weighted by atomic mass is 79.9. The molecule has 0 aliphatic rings. The van der Waals surface area contributed by atoms with E-state index in [0.29, 0.717) is 21.5 Å². The van der Waals surface area contributed by atoms with Crippen LogP contribution >= 0.6 is 28.1 Å². The fraction of sp³-hybridized carbons (Fsp3) is 0. The molecule has 1 aromatic carbocycles. The van der Waals surface area contributed by atoms with Gasteiger partial charge in [-0.3, -0.25) is 4.98 Å². The smallest absolute Gasteiger partial charge is 0.147 e. The van der Waals surface area contributed by atoms with E-state index in [0.717, 1.165) is 0 Å². The van der Waals surface area contributed by atoms with E-state index in [1.165, 1.54) is 6.07 Å². The Balaban J connectivity index is 2.26. The lowest BCUT2D eigenvalue weighted by atomic mass is 10.3. The zero-order valence-electron chi connectivity index (χ0n) is 9.15. The Morgan fingerprint density at radius 3 is 2.67 bits per heavy atom. The number of nitrogens with two attached hydrogens (primary N) is 1. The van der Waals surface area contributed by atoms with Crippen molar-refractivity contribution < 1.29 is 4.39 Å². The van der Waals surface area contributed by atoms with Crippen molar-refractivity contribution in [1.29, 1.82) is 0 Å². The number of benzene rings is 1. The van der Waals surface area contributed by atoms with E-state index < -0.39 is 0 Å². The van der Waals surface area contributed by atoms with E-state index in [1.807, 2.05) is 0 Å². The predicted octanol–water partition coefficient (Wildman–Crippen LogP) is 3.36. The zero-order valence-corrected chi connectivity index (χ0v) is 11.6. The van der Waals surface area contributed by atoms with Gasteiger partial charge in [-0.2, -0.15) is 0 Å². The van der Waals surface area contributed by atoms with Gasteiger partial charge in [-0.15, -0.1) is 0 Å². The molecule has 92 valence electrons. The molecule has 0 atom stereocenters. The average Bonchev–Trinajstić information content (AvgIpc) is 2.34. The zero-order chi connectivity index (χ0) is 13.1. The van der Waals surface area contributed by atoms with Gasteiger partial charge in [0.1, 0.15) is 10.8 Å². The van der Waals surface area contributed by atoms with Crippen LogP contribution in [0, 0.1) is 5.82 Å². The second kappa shape index (κ2) is 5.41. The van der Waals surface area contributed by atoms with Gasteiger partial charge in [0.15, 0.2) is 0 Å². The molecule has 0 unspecified atom stereocenters. The van der Waals surface area contributed by atoms with Crippen molar-refractivity contribution >= 4 is 44.5 Å². The van der Waals surface area contributed by atoms with Crippen LogP contribution in [0.5, 0.6) is 0 Å². The van der Waals surface area contributed by atoms with Crippen molar-refractivity contribution in [3.63, 3.8) is 0 Å². The number of pyridine rings is 1. The summed E-state index contributed by atoms with van der Waals surface area (Å²) >= 11 is 8.08. The highest BCUT2D eigenvalue weighted by molar-refractivity contribution is 9.10. The standard InChI is InChI=1S/C12H9BrFN3S/c13-8-2-1-3-9(14)11(8)17-7-4-5-10(12(15)18)16-6-7/h1-6,17H,(H2,15,18). The highest BCUT2D eigenvalue weighted by Gasteiger charge is 2.07. The van der Waals surface area contributed by atoms with Crippen molar-refractivity contribution in [2.24, 2.45) is 5.73 Å². The van der Waals surface area contributed by atoms with Crippen molar-refractivity contribution in [3.8, 4) is 0 Å². The minimum Gasteiger partial charge on any atom is -0.388 e. The van der Waals surface area contributed by atoms with E-state index in [2.05, 4.69) is 26.2 Å². The summed E-state index contributed by atoms with van der Waals surface area (Å²) in [5.41, 5.74) is 6.99. The molecule has 6 heteroatoms. The first kappa shape index (κ1) is 12.9. The molecule has 0 aliphatic heterocycles. The molecule has 0 saturated carbocycles. The lowest BCUT2D eigenvalue weighted by Crippen LogP contribution is -2.11. The molecule has 0 fully saturated rings. The number of nitrogens with zero attached hydrogens (tertiary/aromatic N) is 1. The number of nitrogens with one attached hydrogen (secondary N) is 1. The molecule has 18 heavy (non-hydrogen) atoms. The van der Waals surface area contributed by atoms with Gasteiger partial charge in [-0.05, 0) is 40.2 Å². The van der Waals surface area contributed by atoms with Gasteiger partial charge < -0.3 is 11.1 Å². The molecule has 1 aromatic heterocycles. The number of thiocarbonyl (C=S) groups is 1. The van der Waals surface area contributed by atoms with Crippen molar-refractivity contribution in [2.45, 2.75) is 0 Å². The van der Waals surface area contributed by atoms with Gasteiger partial charge in [-0.25, -0.2) is 4.39 Å². The van der Waals surface area contributed by atoms with Crippen LogP contribution in [-0.4, -0.2) is 9.97 Å².